The van der Waals surface area contributed by atoms with Crippen LogP contribution >= 0.6 is 70.0 Å². The van der Waals surface area contributed by atoms with E-state index in [1.54, 1.807) is 0 Å². The van der Waals surface area contributed by atoms with E-state index in [4.69, 9.17) is 46.6 Å². The molecule has 9 aromatic carbocycles. The maximum absolute atomic E-state index is 5.69. The van der Waals surface area contributed by atoms with Crippen LogP contribution in [-0.4, -0.2) is 18.5 Å². The van der Waals surface area contributed by atoms with Crippen LogP contribution in [0.3, 0.4) is 0 Å². The number of hydrogen-bond acceptors (Lipinski definition) is 7. The minimum absolute atomic E-state index is 0.542. The van der Waals surface area contributed by atoms with Gasteiger partial charge in [0.25, 0.3) is 0 Å². The van der Waals surface area contributed by atoms with Gasteiger partial charge in [0.1, 0.15) is 54.1 Å². The molecule has 0 aliphatic carbocycles. The van der Waals surface area contributed by atoms with Gasteiger partial charge in [-0.1, -0.05) is 127 Å². The van der Waals surface area contributed by atoms with E-state index in [2.05, 4.69) is 242 Å². The van der Waals surface area contributed by atoms with E-state index < -0.39 is 27.7 Å². The standard InChI is InChI=1S/C59H48Br3N10P3/c1-59-41-73(47-20-8-2-9-21-47,48-22-10-3-11-23-48)69-66-63-44-32-35-53(60)56(38-44)72(57-39-45(33-36-54(57)61)64-67-70-74(42-59,49-24-12-4-13-25-49)50-26-14-5-15-27-50)58-40-46(34-37-55(58)62)65-68-71-75(43-59,51-28-16-6-17-29-51)52-30-18-7-19-31-52/h2-40H,41-43H2,1H3. The normalized spacial score (nSPS) is 17.7. The molecule has 16 heteroatoms. The molecule has 0 spiro atoms. The summed E-state index contributed by atoms with van der Waals surface area (Å²) in [5.74, 6) is 0. The van der Waals surface area contributed by atoms with E-state index in [1.165, 1.54) is 0 Å². The van der Waals surface area contributed by atoms with Gasteiger partial charge in [-0.05, 0) is 181 Å². The first kappa shape index (κ1) is 50.8. The molecule has 0 aromatic heterocycles. The van der Waals surface area contributed by atoms with E-state index in [-0.39, 0.29) is 0 Å². The predicted octanol–water partition coefficient (Wildman–Crippen LogP) is 18.3. The van der Waals surface area contributed by atoms with Crippen molar-refractivity contribution in [2.24, 2.45) is 36.4 Å². The summed E-state index contributed by atoms with van der Waals surface area (Å²) in [6.07, 6.45) is 1.63. The molecule has 0 N–H and O–H groups in total. The van der Waals surface area contributed by atoms with Crippen LogP contribution in [0.5, 0.6) is 0 Å². The van der Waals surface area contributed by atoms with Gasteiger partial charge in [0.2, 0.25) is 0 Å². The second kappa shape index (κ2) is 22.1. The molecule has 0 atom stereocenters. The second-order valence-electron chi connectivity index (χ2n) is 18.7. The number of nitrogens with zero attached hydrogens (tertiary/aromatic N) is 10. The average Bonchev–Trinajstić information content (AvgIpc) is 3.46. The predicted molar refractivity (Wildman–Crippen MR) is 328 cm³/mol. The molecular weight excluding hydrogens is 1180 g/mol. The van der Waals surface area contributed by atoms with E-state index in [0.717, 1.165) is 62.3 Å². The number of hydrogen-bond donors (Lipinski definition) is 0. The molecule has 75 heavy (non-hydrogen) atoms. The molecule has 370 valence electrons. The lowest BCUT2D eigenvalue weighted by Crippen LogP contribution is -2.43. The summed E-state index contributed by atoms with van der Waals surface area (Å²) < 4.78 is 2.41. The summed E-state index contributed by atoms with van der Waals surface area (Å²) in [6, 6.07) is 81.9. The first-order valence-corrected chi connectivity index (χ1v) is 32.4. The number of rotatable bonds is 6. The quantitative estimate of drug-likeness (QED) is 0.151. The third kappa shape index (κ3) is 10.4. The smallest absolute Gasteiger partial charge is 0.127 e. The Morgan fingerprint density at radius 2 is 0.573 bits per heavy atom. The van der Waals surface area contributed by atoms with Crippen LogP contribution in [-0.2, 0) is 0 Å². The molecule has 8 bridgehead atoms. The Kier molecular flexibility index (Phi) is 15.0. The van der Waals surface area contributed by atoms with Crippen LogP contribution in [0.1, 0.15) is 6.92 Å². The summed E-state index contributed by atoms with van der Waals surface area (Å²) in [5.41, 5.74) is 3.42. The van der Waals surface area contributed by atoms with Gasteiger partial charge >= 0.3 is 0 Å². The fraction of sp³-hybridized carbons (Fsp3) is 0.0847. The molecule has 0 unspecified atom stereocenters. The van der Waals surface area contributed by atoms with Gasteiger partial charge in [-0.2, -0.15) is 0 Å². The molecule has 0 saturated heterocycles. The zero-order valence-electron chi connectivity index (χ0n) is 40.6. The first-order valence-electron chi connectivity index (χ1n) is 24.2. The molecular formula is C59H48Br3N10P3. The highest BCUT2D eigenvalue weighted by molar-refractivity contribution is 9.11. The monoisotopic (exact) mass is 1230 g/mol. The summed E-state index contributed by atoms with van der Waals surface area (Å²) in [7, 11) is -9.00. The highest BCUT2D eigenvalue weighted by atomic mass is 79.9. The third-order valence-corrected chi connectivity index (χ3v) is 27.2. The molecule has 3 aliphatic rings. The van der Waals surface area contributed by atoms with Crippen LogP contribution in [0, 0.1) is 5.41 Å². The summed E-state index contributed by atoms with van der Waals surface area (Å²) in [5, 5.41) is 53.7. The second-order valence-corrected chi connectivity index (χ2v) is 30.4. The van der Waals surface area contributed by atoms with E-state index in [0.29, 0.717) is 35.5 Å². The van der Waals surface area contributed by atoms with Crippen molar-refractivity contribution >= 4 is 136 Å². The molecule has 10 nitrogen and oxygen atoms in total. The van der Waals surface area contributed by atoms with Gasteiger partial charge in [-0.3, -0.25) is 0 Å². The highest BCUT2D eigenvalue weighted by Gasteiger charge is 2.59. The molecule has 3 aliphatic heterocycles. The summed E-state index contributed by atoms with van der Waals surface area (Å²) in [6.45, 7) is 2.41. The van der Waals surface area contributed by atoms with Gasteiger partial charge in [-0.15, -0.1) is 0 Å². The van der Waals surface area contributed by atoms with E-state index >= 15 is 0 Å². The lowest BCUT2D eigenvalue weighted by Gasteiger charge is -2.44. The molecule has 0 fully saturated rings. The minimum Gasteiger partial charge on any atom is -0.348 e. The zero-order chi connectivity index (χ0) is 51.3. The van der Waals surface area contributed by atoms with Crippen LogP contribution in [0.15, 0.2) is 281 Å². The third-order valence-electron chi connectivity index (χ3n) is 13.5. The molecule has 9 aromatic rings. The van der Waals surface area contributed by atoms with E-state index in [9.17, 15) is 0 Å². The number of benzene rings is 9. The fourth-order valence-corrected chi connectivity index (χ4v) is 23.4. The van der Waals surface area contributed by atoms with Gasteiger partial charge in [0.15, 0.2) is 0 Å². The maximum Gasteiger partial charge on any atom is 0.127 e. The molecule has 0 radical (unpaired) electrons. The lowest BCUT2D eigenvalue weighted by molar-refractivity contribution is 0.492. The van der Waals surface area contributed by atoms with Gasteiger partial charge < -0.3 is 20.2 Å². The number of halogens is 3. The summed E-state index contributed by atoms with van der Waals surface area (Å²) >= 11 is 11.8. The van der Waals surface area contributed by atoms with Crippen molar-refractivity contribution in [3.8, 4) is 0 Å². The molecule has 0 saturated carbocycles. The minimum atomic E-state index is -3.00. The van der Waals surface area contributed by atoms with Gasteiger partial charge in [0, 0.05) is 13.4 Å². The Labute approximate surface area is 464 Å². The molecule has 0 amide bonds. The first-order chi connectivity index (χ1) is 36.7. The van der Waals surface area contributed by atoms with Crippen molar-refractivity contribution < 1.29 is 0 Å². The fourth-order valence-electron chi connectivity index (χ4n) is 10.3. The largest absolute Gasteiger partial charge is 0.348 e. The molecule has 12 rings (SSSR count). The lowest BCUT2D eigenvalue weighted by atomic mass is 9.99. The SMILES string of the molecule is CC12C[P+](c3ccccc3)(c3ccccc3)[N-]N=Nc3ccc(Br)c(c3)N(c3cc(ccc3Br)N=N[N-][P+](c3ccccc3)(c3ccccc3)C1)c1cc(ccc1Br)N=N[N-][P+](c1ccccc1)(c1ccccc1)C2. The Morgan fingerprint density at radius 3 is 0.800 bits per heavy atom. The van der Waals surface area contributed by atoms with Crippen molar-refractivity contribution in [1.29, 1.82) is 0 Å². The Hall–Kier alpha value is -6.29. The topological polar surface area (TPSA) is 120 Å². The summed E-state index contributed by atoms with van der Waals surface area (Å²) in [4.78, 5) is 2.13. The number of fused-ring (bicyclic) bond motifs is 9. The van der Waals surface area contributed by atoms with Crippen molar-refractivity contribution in [1.82, 2.24) is 0 Å². The number of anilines is 3. The van der Waals surface area contributed by atoms with Gasteiger partial charge in [0.05, 0.1) is 41.0 Å². The average molecular weight is 1230 g/mol. The van der Waals surface area contributed by atoms with Crippen molar-refractivity contribution in [2.75, 3.05) is 23.4 Å². The van der Waals surface area contributed by atoms with Crippen molar-refractivity contribution in [3.63, 3.8) is 0 Å². The van der Waals surface area contributed by atoms with Crippen LogP contribution < -0.4 is 36.7 Å². The highest BCUT2D eigenvalue weighted by Crippen LogP contribution is 2.75. The van der Waals surface area contributed by atoms with Crippen molar-refractivity contribution in [3.05, 3.63) is 266 Å². The van der Waals surface area contributed by atoms with Crippen LogP contribution in [0.25, 0.3) is 15.6 Å². The van der Waals surface area contributed by atoms with Crippen LogP contribution in [0.4, 0.5) is 34.1 Å². The van der Waals surface area contributed by atoms with Crippen LogP contribution in [0.2, 0.25) is 0 Å². The van der Waals surface area contributed by atoms with E-state index in [1.807, 2.05) is 54.6 Å². The van der Waals surface area contributed by atoms with Gasteiger partial charge in [-0.25, -0.2) is 31.3 Å². The Morgan fingerprint density at radius 1 is 0.347 bits per heavy atom. The maximum atomic E-state index is 5.69. The Balaban J connectivity index is 1.31. The molecule has 3 heterocycles. The zero-order valence-corrected chi connectivity index (χ0v) is 48.0. The Bertz CT molecular complexity index is 3040. The van der Waals surface area contributed by atoms with Crippen molar-refractivity contribution in [2.45, 2.75) is 6.92 Å².